The van der Waals surface area contributed by atoms with Gasteiger partial charge in [0, 0.05) is 89.9 Å². The second kappa shape index (κ2) is 20.0. The van der Waals surface area contributed by atoms with Gasteiger partial charge in [0.25, 0.3) is 0 Å². The van der Waals surface area contributed by atoms with Gasteiger partial charge in [-0.05, 0) is 73.0 Å². The molecule has 6 nitrogen and oxygen atoms in total. The summed E-state index contributed by atoms with van der Waals surface area (Å²) in [6, 6.07) is 41.2. The van der Waals surface area contributed by atoms with Crippen LogP contribution in [0.5, 0.6) is 0 Å². The van der Waals surface area contributed by atoms with E-state index in [1.54, 1.807) is 24.3 Å². The highest BCUT2D eigenvalue weighted by Gasteiger charge is 2.42. The van der Waals surface area contributed by atoms with Crippen molar-refractivity contribution in [1.82, 2.24) is 0 Å². The van der Waals surface area contributed by atoms with Crippen LogP contribution in [0.4, 0.5) is 22.7 Å². The minimum absolute atomic E-state index is 0.0282. The van der Waals surface area contributed by atoms with Crippen molar-refractivity contribution in [1.29, 1.82) is 0 Å². The Balaban J connectivity index is 0.930. The van der Waals surface area contributed by atoms with Gasteiger partial charge in [0.05, 0.1) is 12.5 Å². The van der Waals surface area contributed by atoms with Crippen molar-refractivity contribution in [2.75, 3.05) is 62.6 Å². The Labute approximate surface area is 372 Å². The summed E-state index contributed by atoms with van der Waals surface area (Å²) in [6.45, 7) is 14.8. The summed E-state index contributed by atoms with van der Waals surface area (Å²) in [7, 11) is 8.30. The standard InChI is InChI=1S/C53H59N4O2S2/c1-38(52(2,3)45-17-10-12-19-47(45)54-6)21-22-39-23-28-43(29-24-39)55(7)33-35-60-50(58)41-15-14-16-42(37-41)51(59)61-36-34-56(8)44-30-25-40(26-31-44)27-32-49-53(4,5)46-18-11-13-20-48(46)57(49)9/h10-32,37,54H,1,33-36H2,2-9H3/q+1/p+1. The fraction of sp³-hybridized carbons (Fsp3) is 0.264. The highest BCUT2D eigenvalue weighted by atomic mass is 32.2. The summed E-state index contributed by atoms with van der Waals surface area (Å²) in [5, 5.41) is 2.09. The van der Waals surface area contributed by atoms with Gasteiger partial charge in [-0.25, -0.2) is 0 Å². The number of thioether (sulfide) groups is 2. The minimum Gasteiger partial charge on any atom is -0.374 e. The van der Waals surface area contributed by atoms with Gasteiger partial charge < -0.3 is 15.1 Å². The number of para-hydroxylation sites is 2. The number of anilines is 2. The van der Waals surface area contributed by atoms with Gasteiger partial charge in [-0.2, -0.15) is 4.58 Å². The van der Waals surface area contributed by atoms with E-state index in [0.717, 1.165) is 28.1 Å². The van der Waals surface area contributed by atoms with Crippen LogP contribution in [0.1, 0.15) is 70.7 Å². The molecular formula is C53H60N4O2S2+2. The first-order chi connectivity index (χ1) is 29.2. The van der Waals surface area contributed by atoms with Gasteiger partial charge in [0.1, 0.15) is 12.7 Å². The van der Waals surface area contributed by atoms with E-state index in [1.807, 2.05) is 14.1 Å². The largest absolute Gasteiger partial charge is 0.374 e. The Morgan fingerprint density at radius 2 is 1.25 bits per heavy atom. The Hall–Kier alpha value is -5.41. The molecule has 0 fully saturated rings. The lowest BCUT2D eigenvalue weighted by Crippen LogP contribution is -2.73. The molecule has 0 saturated heterocycles. The van der Waals surface area contributed by atoms with Gasteiger partial charge >= 0.3 is 0 Å². The van der Waals surface area contributed by atoms with E-state index in [9.17, 15) is 9.59 Å². The smallest absolute Gasteiger partial charge is 0.219 e. The molecule has 1 aliphatic rings. The topological polar surface area (TPSA) is 60.2 Å². The van der Waals surface area contributed by atoms with E-state index in [1.165, 1.54) is 51.7 Å². The average Bonchev–Trinajstić information content (AvgIpc) is 3.47. The van der Waals surface area contributed by atoms with Crippen LogP contribution in [0.2, 0.25) is 0 Å². The second-order valence-electron chi connectivity index (χ2n) is 16.7. The number of hydrogen-bond acceptors (Lipinski definition) is 6. The lowest BCUT2D eigenvalue weighted by molar-refractivity contribution is -0.540. The summed E-state index contributed by atoms with van der Waals surface area (Å²) in [6.07, 6.45) is 8.64. The number of hydrogen-bond donors (Lipinski definition) is 1. The van der Waals surface area contributed by atoms with E-state index in [2.05, 4.69) is 189 Å². The van der Waals surface area contributed by atoms with Crippen molar-refractivity contribution >= 4 is 74.4 Å². The molecule has 0 aliphatic carbocycles. The van der Waals surface area contributed by atoms with Crippen LogP contribution in [-0.4, -0.2) is 73.3 Å². The zero-order valence-electron chi connectivity index (χ0n) is 36.9. The molecule has 0 bridgehead atoms. The van der Waals surface area contributed by atoms with E-state index < -0.39 is 0 Å². The molecule has 1 heterocycles. The summed E-state index contributed by atoms with van der Waals surface area (Å²) >= 11 is 2.57. The molecule has 314 valence electrons. The molecule has 0 radical (unpaired) electrons. The van der Waals surface area contributed by atoms with E-state index >= 15 is 0 Å². The molecule has 6 rings (SSSR count). The number of carbonyl (C=O) groups is 2. The molecule has 0 saturated carbocycles. The maximum absolute atomic E-state index is 13.2. The summed E-state index contributed by atoms with van der Waals surface area (Å²) in [5.41, 5.74) is 12.7. The average molecular weight is 849 g/mol. The number of allylic oxidation sites excluding steroid dienone is 3. The minimum atomic E-state index is -0.199. The van der Waals surface area contributed by atoms with Crippen molar-refractivity contribution < 1.29 is 19.5 Å². The van der Waals surface area contributed by atoms with Crippen molar-refractivity contribution in [3.05, 3.63) is 179 Å². The number of fused-ring (bicyclic) bond motifs is 1. The number of benzene rings is 5. The number of nitrogens with two attached hydrogens (primary N) is 1. The molecule has 5 aromatic carbocycles. The molecule has 0 unspecified atom stereocenters. The molecule has 0 spiro atoms. The van der Waals surface area contributed by atoms with Crippen LogP contribution in [0.15, 0.2) is 146 Å². The van der Waals surface area contributed by atoms with Crippen molar-refractivity contribution in [3.8, 4) is 0 Å². The molecule has 0 aromatic heterocycles. The predicted octanol–water partition coefficient (Wildman–Crippen LogP) is 10.8. The zero-order chi connectivity index (χ0) is 43.7. The molecular weight excluding hydrogens is 789 g/mol. The lowest BCUT2D eigenvalue weighted by Gasteiger charge is -2.27. The molecule has 1 aliphatic heterocycles. The van der Waals surface area contributed by atoms with Crippen LogP contribution < -0.4 is 15.1 Å². The Bertz CT molecular complexity index is 2460. The molecule has 5 aromatic rings. The van der Waals surface area contributed by atoms with Crippen LogP contribution in [0.3, 0.4) is 0 Å². The first-order valence-electron chi connectivity index (χ1n) is 20.9. The predicted molar refractivity (Wildman–Crippen MR) is 264 cm³/mol. The van der Waals surface area contributed by atoms with E-state index in [0.29, 0.717) is 35.7 Å². The Morgan fingerprint density at radius 1 is 0.721 bits per heavy atom. The van der Waals surface area contributed by atoms with Crippen LogP contribution in [0, 0.1) is 0 Å². The second-order valence-corrected chi connectivity index (χ2v) is 18.8. The molecule has 61 heavy (non-hydrogen) atoms. The fourth-order valence-electron chi connectivity index (χ4n) is 7.80. The van der Waals surface area contributed by atoms with Crippen LogP contribution in [0.25, 0.3) is 12.2 Å². The van der Waals surface area contributed by atoms with Gasteiger partial charge in [0.2, 0.25) is 15.9 Å². The van der Waals surface area contributed by atoms with Crippen LogP contribution in [-0.2, 0) is 10.8 Å². The maximum atomic E-state index is 13.2. The normalized spacial score (nSPS) is 13.5. The fourth-order valence-corrected chi connectivity index (χ4v) is 9.49. The summed E-state index contributed by atoms with van der Waals surface area (Å²) in [4.78, 5) is 30.7. The molecule has 0 amide bonds. The van der Waals surface area contributed by atoms with Gasteiger partial charge in [-0.15, -0.1) is 0 Å². The third kappa shape index (κ3) is 10.7. The van der Waals surface area contributed by atoms with Gasteiger partial charge in [0.15, 0.2) is 5.71 Å². The Kier molecular flexibility index (Phi) is 14.8. The molecule has 0 atom stereocenters. The highest BCUT2D eigenvalue weighted by molar-refractivity contribution is 8.14. The van der Waals surface area contributed by atoms with E-state index in [-0.39, 0.29) is 21.1 Å². The zero-order valence-corrected chi connectivity index (χ0v) is 38.6. The quantitative estimate of drug-likeness (QED) is 0.0571. The third-order valence-corrected chi connectivity index (χ3v) is 13.7. The summed E-state index contributed by atoms with van der Waals surface area (Å²) < 4.78 is 2.29. The van der Waals surface area contributed by atoms with Crippen LogP contribution >= 0.6 is 23.5 Å². The SMILES string of the molecule is C=C(C=Cc1ccc(N(C)CCSC(=O)c2cccc(C(=O)SCCN(C)c3ccc(C=CC4=[N+](C)c5ccccc5C4(C)C)cc3)c2)cc1)C(C)(C)c1ccccc1[NH2+]C. The monoisotopic (exact) mass is 848 g/mol. The van der Waals surface area contributed by atoms with Crippen molar-refractivity contribution in [2.45, 2.75) is 38.5 Å². The van der Waals surface area contributed by atoms with Crippen molar-refractivity contribution in [2.24, 2.45) is 0 Å². The summed E-state index contributed by atoms with van der Waals surface area (Å²) in [5.74, 6) is 1.26. The first kappa shape index (κ1) is 45.1. The van der Waals surface area contributed by atoms with Gasteiger partial charge in [-0.1, -0.05) is 135 Å². The number of carbonyl (C=O) groups excluding carboxylic acids is 2. The van der Waals surface area contributed by atoms with Crippen molar-refractivity contribution in [3.63, 3.8) is 0 Å². The molecule has 8 heteroatoms. The van der Waals surface area contributed by atoms with E-state index in [4.69, 9.17) is 0 Å². The Morgan fingerprint density at radius 3 is 1.80 bits per heavy atom. The van der Waals surface area contributed by atoms with Gasteiger partial charge in [-0.3, -0.25) is 9.59 Å². The number of nitrogens with zero attached hydrogens (tertiary/aromatic N) is 3. The molecule has 2 N–H and O–H groups in total. The first-order valence-corrected chi connectivity index (χ1v) is 22.9. The third-order valence-electron chi connectivity index (χ3n) is 11.9. The highest BCUT2D eigenvalue weighted by Crippen LogP contribution is 2.39. The number of rotatable bonds is 17. The number of quaternary nitrogens is 1. The maximum Gasteiger partial charge on any atom is 0.219 e. The lowest BCUT2D eigenvalue weighted by atomic mass is 9.77.